The molecule has 1 aromatic carbocycles. The number of ether oxygens (including phenoxy) is 1. The molecule has 0 bridgehead atoms. The Balaban J connectivity index is 1.94. The van der Waals surface area contributed by atoms with Crippen LogP contribution >= 0.6 is 0 Å². The SMILES string of the molecule is Nc1cc(F)cc(COC2CCC2)c1. The second-order valence-electron chi connectivity index (χ2n) is 3.76. The van der Waals surface area contributed by atoms with E-state index in [4.69, 9.17) is 10.5 Å². The predicted octanol–water partition coefficient (Wildman–Crippen LogP) is 2.48. The number of rotatable bonds is 3. The zero-order valence-corrected chi connectivity index (χ0v) is 8.00. The van der Waals surface area contributed by atoms with Gasteiger partial charge in [-0.3, -0.25) is 0 Å². The summed E-state index contributed by atoms with van der Waals surface area (Å²) in [6.07, 6.45) is 3.88. The number of anilines is 1. The third kappa shape index (κ3) is 2.23. The first-order valence-electron chi connectivity index (χ1n) is 4.90. The zero-order chi connectivity index (χ0) is 9.97. The van der Waals surface area contributed by atoms with E-state index in [2.05, 4.69) is 0 Å². The molecule has 0 aliphatic heterocycles. The standard InChI is InChI=1S/C11H14FNO/c12-9-4-8(5-10(13)6-9)7-14-11-2-1-3-11/h4-6,11H,1-3,7,13H2. The normalized spacial score (nSPS) is 16.6. The highest BCUT2D eigenvalue weighted by atomic mass is 19.1. The van der Waals surface area contributed by atoms with Gasteiger partial charge < -0.3 is 10.5 Å². The highest BCUT2D eigenvalue weighted by Gasteiger charge is 2.17. The second-order valence-corrected chi connectivity index (χ2v) is 3.76. The van der Waals surface area contributed by atoms with Gasteiger partial charge in [0.25, 0.3) is 0 Å². The van der Waals surface area contributed by atoms with Gasteiger partial charge in [0.05, 0.1) is 12.7 Å². The van der Waals surface area contributed by atoms with Crippen molar-refractivity contribution in [1.82, 2.24) is 0 Å². The van der Waals surface area contributed by atoms with Crippen molar-refractivity contribution in [3.8, 4) is 0 Å². The summed E-state index contributed by atoms with van der Waals surface area (Å²) in [6, 6.07) is 4.53. The molecule has 1 aliphatic rings. The van der Waals surface area contributed by atoms with E-state index in [9.17, 15) is 4.39 Å². The summed E-state index contributed by atoms with van der Waals surface area (Å²) >= 11 is 0. The van der Waals surface area contributed by atoms with Crippen molar-refractivity contribution in [2.24, 2.45) is 0 Å². The van der Waals surface area contributed by atoms with Crippen molar-refractivity contribution < 1.29 is 9.13 Å². The topological polar surface area (TPSA) is 35.2 Å². The summed E-state index contributed by atoms with van der Waals surface area (Å²) in [7, 11) is 0. The number of hydrogen-bond donors (Lipinski definition) is 1. The molecule has 0 saturated heterocycles. The summed E-state index contributed by atoms with van der Waals surface area (Å²) in [5.41, 5.74) is 6.79. The Hall–Kier alpha value is -1.09. The first-order valence-corrected chi connectivity index (χ1v) is 4.90. The van der Waals surface area contributed by atoms with Crippen LogP contribution in [0, 0.1) is 5.82 Å². The average molecular weight is 195 g/mol. The minimum Gasteiger partial charge on any atom is -0.399 e. The quantitative estimate of drug-likeness (QED) is 0.752. The molecule has 0 unspecified atom stereocenters. The third-order valence-electron chi connectivity index (χ3n) is 2.52. The van der Waals surface area contributed by atoms with Crippen LogP contribution in [0.25, 0.3) is 0 Å². The summed E-state index contributed by atoms with van der Waals surface area (Å²) < 4.78 is 18.5. The van der Waals surface area contributed by atoms with E-state index in [1.54, 1.807) is 6.07 Å². The van der Waals surface area contributed by atoms with Crippen LogP contribution in [-0.2, 0) is 11.3 Å². The van der Waals surface area contributed by atoms with Gasteiger partial charge in [-0.05, 0) is 43.0 Å². The van der Waals surface area contributed by atoms with Crippen LogP contribution in [0.5, 0.6) is 0 Å². The van der Waals surface area contributed by atoms with Gasteiger partial charge in [0, 0.05) is 5.69 Å². The van der Waals surface area contributed by atoms with Crippen LogP contribution in [0.1, 0.15) is 24.8 Å². The van der Waals surface area contributed by atoms with Gasteiger partial charge in [-0.15, -0.1) is 0 Å². The van der Waals surface area contributed by atoms with E-state index in [1.165, 1.54) is 18.6 Å². The summed E-state index contributed by atoms with van der Waals surface area (Å²) in [4.78, 5) is 0. The van der Waals surface area contributed by atoms with E-state index in [1.807, 2.05) is 0 Å². The molecule has 0 spiro atoms. The predicted molar refractivity (Wildman–Crippen MR) is 53.2 cm³/mol. The van der Waals surface area contributed by atoms with Crippen LogP contribution < -0.4 is 5.73 Å². The van der Waals surface area contributed by atoms with E-state index in [0.29, 0.717) is 18.4 Å². The summed E-state index contributed by atoms with van der Waals surface area (Å²) in [5, 5.41) is 0. The van der Waals surface area contributed by atoms with E-state index < -0.39 is 0 Å². The minimum atomic E-state index is -0.294. The van der Waals surface area contributed by atoms with Gasteiger partial charge in [-0.2, -0.15) is 0 Å². The monoisotopic (exact) mass is 195 g/mol. The number of nitrogens with two attached hydrogens (primary N) is 1. The van der Waals surface area contributed by atoms with E-state index in [-0.39, 0.29) is 5.82 Å². The molecule has 1 aromatic rings. The van der Waals surface area contributed by atoms with Crippen molar-refractivity contribution in [1.29, 1.82) is 0 Å². The highest BCUT2D eigenvalue weighted by Crippen LogP contribution is 2.23. The average Bonchev–Trinajstić information content (AvgIpc) is 1.99. The van der Waals surface area contributed by atoms with Crippen molar-refractivity contribution in [2.45, 2.75) is 32.0 Å². The van der Waals surface area contributed by atoms with Crippen molar-refractivity contribution in [3.63, 3.8) is 0 Å². The molecule has 76 valence electrons. The summed E-state index contributed by atoms with van der Waals surface area (Å²) in [5.74, 6) is -0.294. The maximum Gasteiger partial charge on any atom is 0.125 e. The number of nitrogen functional groups attached to an aromatic ring is 1. The molecular weight excluding hydrogens is 181 g/mol. The third-order valence-corrected chi connectivity index (χ3v) is 2.52. The van der Waals surface area contributed by atoms with Crippen LogP contribution in [0.4, 0.5) is 10.1 Å². The van der Waals surface area contributed by atoms with Gasteiger partial charge in [0.2, 0.25) is 0 Å². The lowest BCUT2D eigenvalue weighted by molar-refractivity contribution is -0.00873. The Morgan fingerprint density at radius 3 is 2.71 bits per heavy atom. The Morgan fingerprint density at radius 2 is 2.14 bits per heavy atom. The molecule has 0 atom stereocenters. The van der Waals surface area contributed by atoms with E-state index in [0.717, 1.165) is 18.4 Å². The molecule has 14 heavy (non-hydrogen) atoms. The van der Waals surface area contributed by atoms with Crippen molar-refractivity contribution in [3.05, 3.63) is 29.6 Å². The lowest BCUT2D eigenvalue weighted by atomic mass is 9.96. The number of hydrogen-bond acceptors (Lipinski definition) is 2. The molecule has 1 saturated carbocycles. The Kier molecular flexibility index (Phi) is 2.68. The van der Waals surface area contributed by atoms with Crippen LogP contribution in [0.3, 0.4) is 0 Å². The molecule has 0 aromatic heterocycles. The van der Waals surface area contributed by atoms with Gasteiger partial charge in [-0.1, -0.05) is 0 Å². The van der Waals surface area contributed by atoms with Crippen LogP contribution in [-0.4, -0.2) is 6.10 Å². The smallest absolute Gasteiger partial charge is 0.125 e. The molecule has 0 heterocycles. The summed E-state index contributed by atoms with van der Waals surface area (Å²) in [6.45, 7) is 0.465. The van der Waals surface area contributed by atoms with Gasteiger partial charge >= 0.3 is 0 Å². The maximum absolute atomic E-state index is 12.9. The van der Waals surface area contributed by atoms with Gasteiger partial charge in [0.15, 0.2) is 0 Å². The highest BCUT2D eigenvalue weighted by molar-refractivity contribution is 5.41. The lowest BCUT2D eigenvalue weighted by Crippen LogP contribution is -2.21. The number of halogens is 1. The number of benzene rings is 1. The van der Waals surface area contributed by atoms with Crippen molar-refractivity contribution >= 4 is 5.69 Å². The molecule has 1 aliphatic carbocycles. The zero-order valence-electron chi connectivity index (χ0n) is 8.00. The lowest BCUT2D eigenvalue weighted by Gasteiger charge is -2.25. The molecular formula is C11H14FNO. The second kappa shape index (κ2) is 3.96. The van der Waals surface area contributed by atoms with E-state index >= 15 is 0 Å². The fourth-order valence-corrected chi connectivity index (χ4v) is 1.51. The molecule has 2 rings (SSSR count). The molecule has 3 heteroatoms. The largest absolute Gasteiger partial charge is 0.399 e. The van der Waals surface area contributed by atoms with Gasteiger partial charge in [-0.25, -0.2) is 4.39 Å². The Labute approximate surface area is 82.9 Å². The Bertz CT molecular complexity index is 303. The van der Waals surface area contributed by atoms with Crippen LogP contribution in [0.15, 0.2) is 18.2 Å². The van der Waals surface area contributed by atoms with Crippen molar-refractivity contribution in [2.75, 3.05) is 5.73 Å². The van der Waals surface area contributed by atoms with Crippen LogP contribution in [0.2, 0.25) is 0 Å². The maximum atomic E-state index is 12.9. The molecule has 0 radical (unpaired) electrons. The fourth-order valence-electron chi connectivity index (χ4n) is 1.51. The molecule has 1 fully saturated rings. The molecule has 2 N–H and O–H groups in total. The van der Waals surface area contributed by atoms with Gasteiger partial charge in [0.1, 0.15) is 5.82 Å². The molecule has 2 nitrogen and oxygen atoms in total. The minimum absolute atomic E-state index is 0.294. The first kappa shape index (κ1) is 9.46. The molecule has 0 amide bonds. The Morgan fingerprint density at radius 1 is 1.36 bits per heavy atom. The fraction of sp³-hybridized carbons (Fsp3) is 0.455. The first-order chi connectivity index (χ1) is 6.74.